The molecular formula is C11H6F7N3. The molecule has 0 saturated carbocycles. The number of benzene rings is 1. The van der Waals surface area contributed by atoms with Crippen LogP contribution in [0.15, 0.2) is 36.9 Å². The van der Waals surface area contributed by atoms with Crippen LogP contribution in [0.25, 0.3) is 5.69 Å². The van der Waals surface area contributed by atoms with E-state index in [-0.39, 0.29) is 5.69 Å². The van der Waals surface area contributed by atoms with Gasteiger partial charge in [-0.15, -0.1) is 0 Å². The van der Waals surface area contributed by atoms with Gasteiger partial charge in [0, 0.05) is 5.56 Å². The van der Waals surface area contributed by atoms with Crippen molar-refractivity contribution in [2.75, 3.05) is 0 Å². The van der Waals surface area contributed by atoms with Crippen LogP contribution < -0.4 is 0 Å². The van der Waals surface area contributed by atoms with Crippen molar-refractivity contribution in [3.8, 4) is 5.69 Å². The van der Waals surface area contributed by atoms with Crippen LogP contribution in [0, 0.1) is 0 Å². The van der Waals surface area contributed by atoms with Gasteiger partial charge in [-0.25, -0.2) is 9.67 Å². The fourth-order valence-corrected chi connectivity index (χ4v) is 1.52. The molecule has 0 radical (unpaired) electrons. The summed E-state index contributed by atoms with van der Waals surface area (Å²) in [5.74, 6) is -11.6. The fourth-order valence-electron chi connectivity index (χ4n) is 1.52. The predicted molar refractivity (Wildman–Crippen MR) is 56.3 cm³/mol. The summed E-state index contributed by atoms with van der Waals surface area (Å²) in [6.45, 7) is 0. The Labute approximate surface area is 113 Å². The molecule has 0 saturated heterocycles. The zero-order chi connectivity index (χ0) is 15.9. The van der Waals surface area contributed by atoms with E-state index < -0.39 is 23.6 Å². The van der Waals surface area contributed by atoms with Gasteiger partial charge in [0.1, 0.15) is 12.7 Å². The SMILES string of the molecule is FC(F)(F)C(F)(F)C(F)(F)c1ccc(-n2cncn2)cc1. The maximum absolute atomic E-state index is 13.4. The van der Waals surface area contributed by atoms with Crippen molar-refractivity contribution in [3.63, 3.8) is 0 Å². The van der Waals surface area contributed by atoms with Crippen molar-refractivity contribution in [3.05, 3.63) is 42.5 Å². The Balaban J connectivity index is 2.38. The lowest BCUT2D eigenvalue weighted by atomic mass is 10.0. The highest BCUT2D eigenvalue weighted by Gasteiger charge is 2.73. The molecule has 0 aliphatic carbocycles. The molecule has 0 bridgehead atoms. The van der Waals surface area contributed by atoms with Crippen molar-refractivity contribution in [1.82, 2.24) is 14.8 Å². The second-order valence-electron chi connectivity index (χ2n) is 4.03. The maximum Gasteiger partial charge on any atom is 0.460 e. The summed E-state index contributed by atoms with van der Waals surface area (Å²) < 4.78 is 89.9. The number of alkyl halides is 7. The van der Waals surface area contributed by atoms with E-state index in [1.165, 1.54) is 6.33 Å². The minimum atomic E-state index is -6.36. The first kappa shape index (κ1) is 15.3. The molecule has 0 atom stereocenters. The van der Waals surface area contributed by atoms with Crippen LogP contribution in [-0.4, -0.2) is 26.9 Å². The van der Waals surface area contributed by atoms with Gasteiger partial charge in [0.05, 0.1) is 5.69 Å². The van der Waals surface area contributed by atoms with Gasteiger partial charge in [0.15, 0.2) is 0 Å². The van der Waals surface area contributed by atoms with Crippen molar-refractivity contribution in [2.45, 2.75) is 18.0 Å². The number of hydrogen-bond donors (Lipinski definition) is 0. The molecule has 21 heavy (non-hydrogen) atoms. The van der Waals surface area contributed by atoms with Gasteiger partial charge in [-0.1, -0.05) is 12.1 Å². The Morgan fingerprint density at radius 3 is 1.86 bits per heavy atom. The minimum Gasteiger partial charge on any atom is -0.223 e. The van der Waals surface area contributed by atoms with Crippen LogP contribution in [0.3, 0.4) is 0 Å². The Morgan fingerprint density at radius 1 is 0.857 bits per heavy atom. The van der Waals surface area contributed by atoms with Gasteiger partial charge < -0.3 is 0 Å². The van der Waals surface area contributed by atoms with Gasteiger partial charge in [-0.2, -0.15) is 35.8 Å². The summed E-state index contributed by atoms with van der Waals surface area (Å²) in [7, 11) is 0. The lowest BCUT2D eigenvalue weighted by molar-refractivity contribution is -0.359. The summed E-state index contributed by atoms with van der Waals surface area (Å²) in [5, 5.41) is 3.66. The summed E-state index contributed by atoms with van der Waals surface area (Å²) in [4.78, 5) is 3.58. The average Bonchev–Trinajstić information content (AvgIpc) is 2.91. The number of nitrogens with zero attached hydrogens (tertiary/aromatic N) is 3. The Kier molecular flexibility index (Phi) is 3.42. The molecule has 0 aliphatic rings. The minimum absolute atomic E-state index is 0.183. The van der Waals surface area contributed by atoms with E-state index in [4.69, 9.17) is 0 Å². The topological polar surface area (TPSA) is 30.7 Å². The summed E-state index contributed by atoms with van der Waals surface area (Å²) >= 11 is 0. The van der Waals surface area contributed by atoms with Crippen LogP contribution >= 0.6 is 0 Å². The van der Waals surface area contributed by atoms with E-state index in [1.807, 2.05) is 0 Å². The van der Waals surface area contributed by atoms with Crippen molar-refractivity contribution < 1.29 is 30.7 Å². The van der Waals surface area contributed by atoms with E-state index in [9.17, 15) is 30.7 Å². The zero-order valence-corrected chi connectivity index (χ0v) is 9.95. The van der Waals surface area contributed by atoms with E-state index in [0.717, 1.165) is 23.1 Å². The second-order valence-corrected chi connectivity index (χ2v) is 4.03. The zero-order valence-electron chi connectivity index (χ0n) is 9.95. The Bertz CT molecular complexity index is 602. The van der Waals surface area contributed by atoms with Gasteiger partial charge in [-0.3, -0.25) is 0 Å². The highest BCUT2D eigenvalue weighted by molar-refractivity contribution is 5.36. The molecule has 2 aromatic rings. The predicted octanol–water partition coefficient (Wildman–Crippen LogP) is 3.56. The smallest absolute Gasteiger partial charge is 0.223 e. The van der Waals surface area contributed by atoms with Gasteiger partial charge >= 0.3 is 18.0 Å². The summed E-state index contributed by atoms with van der Waals surface area (Å²) in [5.41, 5.74) is -1.27. The molecule has 0 fully saturated rings. The van der Waals surface area contributed by atoms with Crippen molar-refractivity contribution in [2.24, 2.45) is 0 Å². The summed E-state index contributed by atoms with van der Waals surface area (Å²) in [6.07, 6.45) is -4.02. The molecule has 2 rings (SSSR count). The summed E-state index contributed by atoms with van der Waals surface area (Å²) in [6, 6.07) is 2.84. The number of halogens is 7. The van der Waals surface area contributed by atoms with Crippen LogP contribution in [0.1, 0.15) is 5.56 Å². The first-order valence-corrected chi connectivity index (χ1v) is 5.35. The third kappa shape index (κ3) is 2.45. The molecule has 0 spiro atoms. The molecule has 0 amide bonds. The van der Waals surface area contributed by atoms with Gasteiger partial charge in [0.25, 0.3) is 0 Å². The fraction of sp³-hybridized carbons (Fsp3) is 0.273. The van der Waals surface area contributed by atoms with Crippen molar-refractivity contribution in [1.29, 1.82) is 0 Å². The monoisotopic (exact) mass is 313 g/mol. The number of aromatic nitrogens is 3. The Hall–Kier alpha value is -2.13. The normalized spacial score (nSPS) is 13.5. The lowest BCUT2D eigenvalue weighted by Crippen LogP contribution is -2.50. The molecule has 1 aromatic heterocycles. The molecule has 3 nitrogen and oxygen atoms in total. The number of rotatable bonds is 3. The van der Waals surface area contributed by atoms with E-state index in [0.29, 0.717) is 12.1 Å². The lowest BCUT2D eigenvalue weighted by Gasteiger charge is -2.28. The van der Waals surface area contributed by atoms with Crippen LogP contribution in [0.2, 0.25) is 0 Å². The van der Waals surface area contributed by atoms with Crippen molar-refractivity contribution >= 4 is 0 Å². The van der Waals surface area contributed by atoms with Gasteiger partial charge in [-0.05, 0) is 12.1 Å². The molecule has 0 N–H and O–H groups in total. The standard InChI is InChI=1S/C11H6F7N3/c12-9(13,10(14,15)11(16,17)18)7-1-3-8(4-2-7)21-6-19-5-20-21/h1-6H. The first-order chi connectivity index (χ1) is 9.57. The molecule has 10 heteroatoms. The highest BCUT2D eigenvalue weighted by Crippen LogP contribution is 2.51. The number of hydrogen-bond acceptors (Lipinski definition) is 2. The van der Waals surface area contributed by atoms with E-state index >= 15 is 0 Å². The van der Waals surface area contributed by atoms with Crippen LogP contribution in [-0.2, 0) is 5.92 Å². The second kappa shape index (κ2) is 4.71. The quantitative estimate of drug-likeness (QED) is 0.811. The molecule has 0 unspecified atom stereocenters. The molecule has 1 heterocycles. The van der Waals surface area contributed by atoms with E-state index in [1.54, 1.807) is 0 Å². The van der Waals surface area contributed by atoms with Gasteiger partial charge in [0.2, 0.25) is 0 Å². The first-order valence-electron chi connectivity index (χ1n) is 5.35. The molecular weight excluding hydrogens is 307 g/mol. The van der Waals surface area contributed by atoms with Crippen LogP contribution in [0.5, 0.6) is 0 Å². The third-order valence-electron chi connectivity index (χ3n) is 2.66. The average molecular weight is 313 g/mol. The molecule has 0 aliphatic heterocycles. The Morgan fingerprint density at radius 2 is 1.43 bits per heavy atom. The molecule has 114 valence electrons. The largest absolute Gasteiger partial charge is 0.460 e. The van der Waals surface area contributed by atoms with Crippen LogP contribution in [0.4, 0.5) is 30.7 Å². The molecule has 1 aromatic carbocycles. The third-order valence-corrected chi connectivity index (χ3v) is 2.66. The highest BCUT2D eigenvalue weighted by atomic mass is 19.4. The maximum atomic E-state index is 13.4. The van der Waals surface area contributed by atoms with E-state index in [2.05, 4.69) is 10.1 Å².